The number of aromatic nitrogens is 3. The second-order valence-corrected chi connectivity index (χ2v) is 6.25. The van der Waals surface area contributed by atoms with Crippen LogP contribution in [-0.2, 0) is 11.3 Å². The number of hydrogen-bond acceptors (Lipinski definition) is 6. The number of pyridine rings is 1. The Morgan fingerprint density at radius 1 is 1.22 bits per heavy atom. The molecule has 0 fully saturated rings. The van der Waals surface area contributed by atoms with Crippen molar-refractivity contribution >= 4 is 23.3 Å². The van der Waals surface area contributed by atoms with Gasteiger partial charge in [0.05, 0.1) is 15.6 Å². The molecule has 27 heavy (non-hydrogen) atoms. The van der Waals surface area contributed by atoms with E-state index in [9.17, 15) is 14.9 Å². The van der Waals surface area contributed by atoms with Gasteiger partial charge in [-0.2, -0.15) is 5.10 Å². The van der Waals surface area contributed by atoms with Crippen molar-refractivity contribution in [2.24, 2.45) is 0 Å². The van der Waals surface area contributed by atoms with Gasteiger partial charge < -0.3 is 4.74 Å². The minimum atomic E-state index is -0.693. The third-order valence-corrected chi connectivity index (χ3v) is 4.07. The van der Waals surface area contributed by atoms with Crippen molar-refractivity contribution < 1.29 is 14.5 Å². The van der Waals surface area contributed by atoms with Crippen LogP contribution in [0.2, 0.25) is 5.02 Å². The number of hydrogen-bond donors (Lipinski definition) is 0. The van der Waals surface area contributed by atoms with Gasteiger partial charge in [-0.05, 0) is 49.7 Å². The lowest BCUT2D eigenvalue weighted by molar-refractivity contribution is -0.384. The van der Waals surface area contributed by atoms with Gasteiger partial charge in [0.2, 0.25) is 0 Å². The van der Waals surface area contributed by atoms with Crippen LogP contribution < -0.4 is 0 Å². The third kappa shape index (κ3) is 4.12. The molecule has 0 radical (unpaired) electrons. The van der Waals surface area contributed by atoms with E-state index in [0.29, 0.717) is 11.4 Å². The Bertz CT molecular complexity index is 1010. The Hall–Kier alpha value is -3.26. The fourth-order valence-corrected chi connectivity index (χ4v) is 2.67. The van der Waals surface area contributed by atoms with Gasteiger partial charge in [0, 0.05) is 17.8 Å². The summed E-state index contributed by atoms with van der Waals surface area (Å²) in [5, 5.41) is 15.2. The lowest BCUT2D eigenvalue weighted by Crippen LogP contribution is -2.11. The maximum absolute atomic E-state index is 12.4. The molecular formula is C18H15ClN4O4. The summed E-state index contributed by atoms with van der Waals surface area (Å²) in [4.78, 5) is 26.8. The number of aryl methyl sites for hydroxylation is 2. The second-order valence-electron chi connectivity index (χ2n) is 5.84. The van der Waals surface area contributed by atoms with E-state index in [4.69, 9.17) is 16.3 Å². The number of nitro groups is 1. The molecule has 0 bridgehead atoms. The van der Waals surface area contributed by atoms with E-state index >= 15 is 0 Å². The van der Waals surface area contributed by atoms with Gasteiger partial charge in [0.1, 0.15) is 6.61 Å². The van der Waals surface area contributed by atoms with Crippen molar-refractivity contribution in [3.05, 3.63) is 80.2 Å². The highest BCUT2D eigenvalue weighted by atomic mass is 35.5. The average Bonchev–Trinajstić information content (AvgIpc) is 2.98. The lowest BCUT2D eigenvalue weighted by atomic mass is 10.2. The van der Waals surface area contributed by atoms with E-state index in [1.807, 2.05) is 19.9 Å². The van der Waals surface area contributed by atoms with E-state index in [1.54, 1.807) is 16.8 Å². The molecule has 2 heterocycles. The molecule has 2 aromatic heterocycles. The highest BCUT2D eigenvalue weighted by Crippen LogP contribution is 2.19. The van der Waals surface area contributed by atoms with Crippen LogP contribution in [0.3, 0.4) is 0 Å². The van der Waals surface area contributed by atoms with Crippen molar-refractivity contribution in [2.45, 2.75) is 20.5 Å². The molecular weight excluding hydrogens is 372 g/mol. The fraction of sp³-hybridized carbons (Fsp3) is 0.167. The summed E-state index contributed by atoms with van der Waals surface area (Å²) in [6, 6.07) is 10.8. The number of nitro benzene ring substituents is 1. The van der Waals surface area contributed by atoms with Crippen LogP contribution >= 0.6 is 11.6 Å². The smallest absolute Gasteiger partial charge is 0.358 e. The average molecular weight is 387 g/mol. The SMILES string of the molecule is Cc1cc(C)n(-c2ccc(Cl)c(C(=O)OCc3ccc([N+](=O)[O-])cc3)n2)n1. The maximum Gasteiger partial charge on any atom is 0.358 e. The largest absolute Gasteiger partial charge is 0.456 e. The lowest BCUT2D eigenvalue weighted by Gasteiger charge is -2.09. The van der Waals surface area contributed by atoms with Gasteiger partial charge in [0.25, 0.3) is 5.69 Å². The van der Waals surface area contributed by atoms with Crippen molar-refractivity contribution in [1.82, 2.24) is 14.8 Å². The molecule has 3 aromatic rings. The molecule has 138 valence electrons. The first-order valence-electron chi connectivity index (χ1n) is 7.96. The van der Waals surface area contributed by atoms with Gasteiger partial charge in [-0.25, -0.2) is 14.5 Å². The zero-order chi connectivity index (χ0) is 19.6. The monoisotopic (exact) mass is 386 g/mol. The van der Waals surface area contributed by atoms with Crippen LogP contribution in [0.25, 0.3) is 5.82 Å². The zero-order valence-electron chi connectivity index (χ0n) is 14.5. The molecule has 0 N–H and O–H groups in total. The molecule has 0 aliphatic carbocycles. The fourth-order valence-electron chi connectivity index (χ4n) is 2.48. The Morgan fingerprint density at radius 2 is 1.93 bits per heavy atom. The molecule has 0 aliphatic rings. The molecule has 8 nitrogen and oxygen atoms in total. The number of non-ortho nitro benzene ring substituents is 1. The van der Waals surface area contributed by atoms with Crippen LogP contribution in [0.4, 0.5) is 5.69 Å². The number of carbonyl (C=O) groups excluding carboxylic acids is 1. The predicted molar refractivity (Wildman–Crippen MR) is 98.1 cm³/mol. The zero-order valence-corrected chi connectivity index (χ0v) is 15.3. The second kappa shape index (κ2) is 7.55. The first kappa shape index (κ1) is 18.5. The number of ether oxygens (including phenoxy) is 1. The van der Waals surface area contributed by atoms with Gasteiger partial charge in [0.15, 0.2) is 11.5 Å². The quantitative estimate of drug-likeness (QED) is 0.375. The molecule has 0 aliphatic heterocycles. The Kier molecular flexibility index (Phi) is 5.18. The molecule has 0 saturated heterocycles. The molecule has 3 rings (SSSR count). The van der Waals surface area contributed by atoms with Gasteiger partial charge in [-0.1, -0.05) is 11.6 Å². The Labute approximate surface area is 159 Å². The number of nitrogens with zero attached hydrogens (tertiary/aromatic N) is 4. The number of esters is 1. The maximum atomic E-state index is 12.4. The molecule has 1 aromatic carbocycles. The summed E-state index contributed by atoms with van der Waals surface area (Å²) < 4.78 is 6.85. The Balaban J connectivity index is 1.77. The van der Waals surface area contributed by atoms with Crippen molar-refractivity contribution in [1.29, 1.82) is 0 Å². The highest BCUT2D eigenvalue weighted by Gasteiger charge is 2.17. The van der Waals surface area contributed by atoms with Gasteiger partial charge in [-0.15, -0.1) is 0 Å². The summed E-state index contributed by atoms with van der Waals surface area (Å²) in [7, 11) is 0. The Morgan fingerprint density at radius 3 is 2.52 bits per heavy atom. The molecule has 0 atom stereocenters. The minimum absolute atomic E-state index is 0.0244. The topological polar surface area (TPSA) is 100 Å². The number of halogens is 1. The van der Waals surface area contributed by atoms with Crippen molar-refractivity contribution in [3.63, 3.8) is 0 Å². The first-order valence-corrected chi connectivity index (χ1v) is 8.33. The normalized spacial score (nSPS) is 10.6. The molecule has 9 heteroatoms. The first-order chi connectivity index (χ1) is 12.8. The van der Waals surface area contributed by atoms with E-state index in [-0.39, 0.29) is 23.0 Å². The standard InChI is InChI=1S/C18H15ClN4O4/c1-11-9-12(2)22(21-11)16-8-7-15(19)17(20-16)18(24)27-10-13-3-5-14(6-4-13)23(25)26/h3-9H,10H2,1-2H3. The van der Waals surface area contributed by atoms with E-state index < -0.39 is 10.9 Å². The number of carbonyl (C=O) groups is 1. The van der Waals surface area contributed by atoms with Crippen LogP contribution in [0, 0.1) is 24.0 Å². The number of rotatable bonds is 5. The van der Waals surface area contributed by atoms with Gasteiger partial charge >= 0.3 is 5.97 Å². The number of benzene rings is 1. The van der Waals surface area contributed by atoms with E-state index in [1.165, 1.54) is 24.3 Å². The summed E-state index contributed by atoms with van der Waals surface area (Å²) >= 11 is 6.09. The molecule has 0 amide bonds. The van der Waals surface area contributed by atoms with Gasteiger partial charge in [-0.3, -0.25) is 10.1 Å². The highest BCUT2D eigenvalue weighted by molar-refractivity contribution is 6.33. The van der Waals surface area contributed by atoms with E-state index in [0.717, 1.165) is 11.4 Å². The summed E-state index contributed by atoms with van der Waals surface area (Å²) in [6.45, 7) is 3.68. The van der Waals surface area contributed by atoms with Crippen LogP contribution in [-0.4, -0.2) is 25.7 Å². The molecule has 0 unspecified atom stereocenters. The third-order valence-electron chi connectivity index (χ3n) is 3.77. The van der Waals surface area contributed by atoms with Crippen molar-refractivity contribution in [3.8, 4) is 5.82 Å². The predicted octanol–water partition coefficient (Wildman–Crippen LogP) is 3.80. The molecule has 0 spiro atoms. The van der Waals surface area contributed by atoms with Crippen LogP contribution in [0.5, 0.6) is 0 Å². The summed E-state index contributed by atoms with van der Waals surface area (Å²) in [5.74, 6) is -0.242. The van der Waals surface area contributed by atoms with Crippen molar-refractivity contribution in [2.75, 3.05) is 0 Å². The summed E-state index contributed by atoms with van der Waals surface area (Å²) in [6.07, 6.45) is 0. The minimum Gasteiger partial charge on any atom is -0.456 e. The van der Waals surface area contributed by atoms with Crippen LogP contribution in [0.1, 0.15) is 27.4 Å². The van der Waals surface area contributed by atoms with Crippen LogP contribution in [0.15, 0.2) is 42.5 Å². The van der Waals surface area contributed by atoms with E-state index in [2.05, 4.69) is 10.1 Å². The summed E-state index contributed by atoms with van der Waals surface area (Å²) in [5.41, 5.74) is 2.25. The molecule has 0 saturated carbocycles.